The van der Waals surface area contributed by atoms with Crippen LogP contribution in [0.25, 0.3) is 0 Å². The Labute approximate surface area is 77.1 Å². The third-order valence-electron chi connectivity index (χ3n) is 1.87. The van der Waals surface area contributed by atoms with Gasteiger partial charge in [-0.15, -0.1) is 0 Å². The van der Waals surface area contributed by atoms with Crippen molar-refractivity contribution in [2.24, 2.45) is 5.73 Å². The Hall–Kier alpha value is -0.660. The van der Waals surface area contributed by atoms with Crippen LogP contribution in [0.1, 0.15) is 0 Å². The van der Waals surface area contributed by atoms with Crippen LogP contribution < -0.4 is 11.1 Å². The van der Waals surface area contributed by atoms with Crippen LogP contribution in [0.4, 0.5) is 0 Å². The molecule has 0 saturated carbocycles. The van der Waals surface area contributed by atoms with Gasteiger partial charge in [-0.3, -0.25) is 4.79 Å². The van der Waals surface area contributed by atoms with Crippen LogP contribution in [0.5, 0.6) is 0 Å². The number of rotatable bonds is 2. The molecular weight excluding hydrogens is 194 g/mol. The molecule has 7 heteroatoms. The van der Waals surface area contributed by atoms with Gasteiger partial charge in [-0.05, 0) is 0 Å². The second-order valence-corrected chi connectivity index (χ2v) is 4.93. The Kier molecular flexibility index (Phi) is 2.89. The number of amides is 1. The van der Waals surface area contributed by atoms with Crippen molar-refractivity contribution in [2.45, 2.75) is 6.04 Å². The zero-order valence-electron chi connectivity index (χ0n) is 7.30. The molecule has 1 heterocycles. The Morgan fingerprint density at radius 1 is 1.62 bits per heavy atom. The largest absolute Gasteiger partial charge is 0.368 e. The van der Waals surface area contributed by atoms with Crippen LogP contribution >= 0.6 is 0 Å². The topological polar surface area (TPSA) is 94.6 Å². The molecule has 1 saturated heterocycles. The Bertz CT molecular complexity index is 300. The monoisotopic (exact) mass is 206 g/mol. The van der Waals surface area contributed by atoms with Gasteiger partial charge in [0.15, 0.2) is 0 Å². The standard InChI is InChI=1S/C6H12N3O3S/c1-13(11,12)9-3-2-8-5(4-9)6(7)10/h5H,2-4H2,1H3,(H2,7,10). The van der Waals surface area contributed by atoms with Crippen molar-refractivity contribution < 1.29 is 13.2 Å². The second-order valence-electron chi connectivity index (χ2n) is 2.95. The zero-order valence-corrected chi connectivity index (χ0v) is 8.12. The summed E-state index contributed by atoms with van der Waals surface area (Å²) in [5.41, 5.74) is 5.02. The molecule has 0 aliphatic carbocycles. The van der Waals surface area contributed by atoms with Gasteiger partial charge in [0.25, 0.3) is 0 Å². The molecule has 1 radical (unpaired) electrons. The minimum atomic E-state index is -3.23. The van der Waals surface area contributed by atoms with E-state index in [0.717, 1.165) is 6.26 Å². The lowest BCUT2D eigenvalue weighted by molar-refractivity contribution is -0.120. The number of sulfonamides is 1. The quantitative estimate of drug-likeness (QED) is 0.551. The molecule has 1 unspecified atom stereocenters. The first-order valence-electron chi connectivity index (χ1n) is 3.82. The zero-order chi connectivity index (χ0) is 10.1. The van der Waals surface area contributed by atoms with Gasteiger partial charge in [0.2, 0.25) is 15.9 Å². The number of piperazine rings is 1. The second kappa shape index (κ2) is 3.60. The van der Waals surface area contributed by atoms with E-state index >= 15 is 0 Å². The first-order chi connectivity index (χ1) is 5.91. The number of nitrogens with zero attached hydrogens (tertiary/aromatic N) is 2. The number of carbonyl (C=O) groups excluding carboxylic acids is 1. The van der Waals surface area contributed by atoms with E-state index in [1.807, 2.05) is 0 Å². The molecular formula is C6H12N3O3S. The number of hydrogen-bond donors (Lipinski definition) is 1. The average molecular weight is 206 g/mol. The molecule has 0 aromatic heterocycles. The molecule has 1 rings (SSSR count). The van der Waals surface area contributed by atoms with Crippen molar-refractivity contribution in [2.75, 3.05) is 25.9 Å². The molecule has 0 bridgehead atoms. The van der Waals surface area contributed by atoms with Crippen LogP contribution in [0.3, 0.4) is 0 Å². The number of carbonyl (C=O) groups is 1. The smallest absolute Gasteiger partial charge is 0.237 e. The number of primary amides is 1. The summed E-state index contributed by atoms with van der Waals surface area (Å²) in [5, 5.41) is 3.91. The molecule has 75 valence electrons. The van der Waals surface area contributed by atoms with Gasteiger partial charge in [0.05, 0.1) is 6.26 Å². The van der Waals surface area contributed by atoms with E-state index in [2.05, 4.69) is 5.32 Å². The summed E-state index contributed by atoms with van der Waals surface area (Å²) in [7, 11) is -3.23. The maximum absolute atomic E-state index is 11.1. The van der Waals surface area contributed by atoms with Crippen LogP contribution in [-0.4, -0.2) is 50.6 Å². The summed E-state index contributed by atoms with van der Waals surface area (Å²) >= 11 is 0. The molecule has 1 aliphatic rings. The summed E-state index contributed by atoms with van der Waals surface area (Å²) in [6.45, 7) is 0.747. The van der Waals surface area contributed by atoms with Crippen molar-refractivity contribution in [3.05, 3.63) is 0 Å². The lowest BCUT2D eigenvalue weighted by atomic mass is 10.2. The van der Waals surface area contributed by atoms with Gasteiger partial charge >= 0.3 is 0 Å². The first-order valence-corrected chi connectivity index (χ1v) is 5.67. The highest BCUT2D eigenvalue weighted by Gasteiger charge is 2.29. The van der Waals surface area contributed by atoms with Gasteiger partial charge < -0.3 is 5.73 Å². The number of hydrogen-bond acceptors (Lipinski definition) is 3. The summed E-state index contributed by atoms with van der Waals surface area (Å²) < 4.78 is 23.4. The van der Waals surface area contributed by atoms with E-state index in [0.29, 0.717) is 13.1 Å². The highest BCUT2D eigenvalue weighted by atomic mass is 32.2. The van der Waals surface area contributed by atoms with E-state index in [4.69, 9.17) is 5.73 Å². The summed E-state index contributed by atoms with van der Waals surface area (Å²) in [4.78, 5) is 10.7. The highest BCUT2D eigenvalue weighted by Crippen LogP contribution is 2.04. The molecule has 1 amide bonds. The van der Waals surface area contributed by atoms with Gasteiger partial charge in [-0.2, -0.15) is 4.31 Å². The fraction of sp³-hybridized carbons (Fsp3) is 0.833. The van der Waals surface area contributed by atoms with Crippen molar-refractivity contribution in [1.82, 2.24) is 9.62 Å². The van der Waals surface area contributed by atoms with E-state index in [1.165, 1.54) is 4.31 Å². The van der Waals surface area contributed by atoms with Crippen molar-refractivity contribution in [3.63, 3.8) is 0 Å². The van der Waals surface area contributed by atoms with Gasteiger partial charge in [0.1, 0.15) is 6.04 Å². The van der Waals surface area contributed by atoms with Gasteiger partial charge in [-0.25, -0.2) is 13.7 Å². The third-order valence-corrected chi connectivity index (χ3v) is 3.14. The van der Waals surface area contributed by atoms with Crippen LogP contribution in [0.2, 0.25) is 0 Å². The van der Waals surface area contributed by atoms with Crippen LogP contribution in [0, 0.1) is 0 Å². The molecule has 0 aromatic rings. The Morgan fingerprint density at radius 2 is 2.23 bits per heavy atom. The molecule has 1 aliphatic heterocycles. The van der Waals surface area contributed by atoms with E-state index in [-0.39, 0.29) is 6.54 Å². The average Bonchev–Trinajstić information content (AvgIpc) is 2.03. The lowest BCUT2D eigenvalue weighted by Crippen LogP contribution is -2.54. The Balaban J connectivity index is 2.67. The summed E-state index contributed by atoms with van der Waals surface area (Å²) in [6.07, 6.45) is 1.11. The normalized spacial score (nSPS) is 25.8. The van der Waals surface area contributed by atoms with E-state index in [1.54, 1.807) is 0 Å². The maximum Gasteiger partial charge on any atom is 0.237 e. The summed E-state index contributed by atoms with van der Waals surface area (Å²) in [5.74, 6) is -0.576. The van der Waals surface area contributed by atoms with Crippen molar-refractivity contribution in [1.29, 1.82) is 0 Å². The molecule has 1 atom stereocenters. The van der Waals surface area contributed by atoms with Crippen molar-refractivity contribution >= 4 is 15.9 Å². The highest BCUT2D eigenvalue weighted by molar-refractivity contribution is 7.88. The van der Waals surface area contributed by atoms with E-state index in [9.17, 15) is 13.2 Å². The SMILES string of the molecule is CS(=O)(=O)N1CC[N]C(C(N)=O)C1. The molecule has 6 nitrogen and oxygen atoms in total. The van der Waals surface area contributed by atoms with Gasteiger partial charge in [-0.1, -0.05) is 0 Å². The van der Waals surface area contributed by atoms with Crippen molar-refractivity contribution in [3.8, 4) is 0 Å². The molecule has 1 fully saturated rings. The minimum absolute atomic E-state index is 0.0775. The molecule has 2 N–H and O–H groups in total. The predicted octanol–water partition coefficient (Wildman–Crippen LogP) is -2.28. The lowest BCUT2D eigenvalue weighted by Gasteiger charge is -2.28. The molecule has 13 heavy (non-hydrogen) atoms. The fourth-order valence-electron chi connectivity index (χ4n) is 1.15. The first kappa shape index (κ1) is 10.4. The molecule has 0 spiro atoms. The fourth-order valence-corrected chi connectivity index (χ4v) is 1.97. The van der Waals surface area contributed by atoms with Crippen LogP contribution in [0.15, 0.2) is 0 Å². The minimum Gasteiger partial charge on any atom is -0.368 e. The summed E-state index contributed by atoms with van der Waals surface area (Å²) in [6, 6.07) is -0.691. The van der Waals surface area contributed by atoms with E-state index < -0.39 is 22.0 Å². The molecule has 0 aromatic carbocycles. The number of nitrogens with two attached hydrogens (primary N) is 1. The van der Waals surface area contributed by atoms with Gasteiger partial charge in [0, 0.05) is 19.6 Å². The Morgan fingerprint density at radius 3 is 2.69 bits per heavy atom. The maximum atomic E-state index is 11.1. The third kappa shape index (κ3) is 2.64. The predicted molar refractivity (Wildman–Crippen MR) is 46.4 cm³/mol. The van der Waals surface area contributed by atoms with Crippen LogP contribution in [-0.2, 0) is 14.8 Å².